The van der Waals surface area contributed by atoms with Crippen molar-refractivity contribution in [2.24, 2.45) is 0 Å². The number of hydrogen-bond acceptors (Lipinski definition) is 6. The minimum absolute atomic E-state index is 0.0718. The molecule has 182 valence electrons. The van der Waals surface area contributed by atoms with Crippen LogP contribution < -0.4 is 16.0 Å². The van der Waals surface area contributed by atoms with Gasteiger partial charge in [0.1, 0.15) is 17.6 Å². The first kappa shape index (κ1) is 24.2. The van der Waals surface area contributed by atoms with Crippen molar-refractivity contribution < 1.29 is 9.13 Å². The molecule has 37 heavy (non-hydrogen) atoms. The van der Waals surface area contributed by atoms with Crippen LogP contribution in [-0.2, 0) is 0 Å². The normalized spacial score (nSPS) is 10.9. The van der Waals surface area contributed by atoms with E-state index in [1.165, 1.54) is 24.3 Å². The van der Waals surface area contributed by atoms with Gasteiger partial charge in [0, 0.05) is 10.9 Å². The molecule has 0 bridgehead atoms. The van der Waals surface area contributed by atoms with Crippen molar-refractivity contribution in [2.45, 2.75) is 6.92 Å². The summed E-state index contributed by atoms with van der Waals surface area (Å²) in [5.74, 6) is 0.259. The zero-order valence-corrected chi connectivity index (χ0v) is 20.4. The molecule has 0 saturated carbocycles. The van der Waals surface area contributed by atoms with Crippen molar-refractivity contribution in [2.75, 3.05) is 0 Å². The monoisotopic (exact) mass is 533 g/mol. The third kappa shape index (κ3) is 4.68. The van der Waals surface area contributed by atoms with Crippen LogP contribution in [0.5, 0.6) is 11.5 Å². The fourth-order valence-corrected chi connectivity index (χ4v) is 4.29. The molecule has 3 aromatic carbocycles. The number of pyridine rings is 1. The van der Waals surface area contributed by atoms with E-state index in [1.54, 1.807) is 36.4 Å². The molecule has 0 amide bonds. The molecule has 0 aliphatic carbocycles. The first-order chi connectivity index (χ1) is 17.7. The number of fused-ring (bicyclic) bond motifs is 1. The Kier molecular flexibility index (Phi) is 6.21. The Bertz CT molecular complexity index is 1840. The summed E-state index contributed by atoms with van der Waals surface area (Å²) in [6, 6.07) is 17.7. The molecule has 0 saturated heterocycles. The van der Waals surface area contributed by atoms with E-state index in [1.807, 2.05) is 18.0 Å². The summed E-state index contributed by atoms with van der Waals surface area (Å²) >= 11 is 12.8. The van der Waals surface area contributed by atoms with Gasteiger partial charge in [0.2, 0.25) is 5.69 Å². The molecule has 0 radical (unpaired) electrons. The van der Waals surface area contributed by atoms with Gasteiger partial charge in [-0.25, -0.2) is 14.2 Å². The van der Waals surface area contributed by atoms with Gasteiger partial charge in [-0.15, -0.1) is 5.10 Å². The highest BCUT2D eigenvalue weighted by Crippen LogP contribution is 2.39. The van der Waals surface area contributed by atoms with Gasteiger partial charge < -0.3 is 4.74 Å². The summed E-state index contributed by atoms with van der Waals surface area (Å²) in [7, 11) is 0. The van der Waals surface area contributed by atoms with Crippen molar-refractivity contribution in [1.29, 1.82) is 5.26 Å². The van der Waals surface area contributed by atoms with Gasteiger partial charge >= 0.3 is 5.69 Å². The summed E-state index contributed by atoms with van der Waals surface area (Å²) in [6.07, 6.45) is 0. The second-order valence-electron chi connectivity index (χ2n) is 7.98. The predicted molar refractivity (Wildman–Crippen MR) is 137 cm³/mol. The molecule has 0 unspecified atom stereocenters. The summed E-state index contributed by atoms with van der Waals surface area (Å²) in [6.45, 7) is 1.93. The van der Waals surface area contributed by atoms with Gasteiger partial charge in [0.05, 0.1) is 26.9 Å². The van der Waals surface area contributed by atoms with Crippen molar-refractivity contribution in [3.05, 3.63) is 109 Å². The second-order valence-corrected chi connectivity index (χ2v) is 8.80. The van der Waals surface area contributed by atoms with Crippen molar-refractivity contribution in [3.63, 3.8) is 0 Å². The molecule has 0 fully saturated rings. The molecule has 2 aromatic heterocycles. The molecule has 1 N–H and O–H groups in total. The predicted octanol–water partition coefficient (Wildman–Crippen LogP) is 5.55. The van der Waals surface area contributed by atoms with Crippen molar-refractivity contribution in [1.82, 2.24) is 19.7 Å². The molecule has 8 nitrogen and oxygen atoms in total. The number of nitrogens with zero attached hydrogens (tertiary/aromatic N) is 4. The molecular weight excluding hydrogens is 520 g/mol. The number of benzene rings is 3. The van der Waals surface area contributed by atoms with E-state index in [9.17, 15) is 14.0 Å². The minimum atomic E-state index is -0.897. The molecule has 11 heteroatoms. The Morgan fingerprint density at radius 2 is 1.73 bits per heavy atom. The number of aromatic nitrogens is 4. The van der Waals surface area contributed by atoms with Crippen LogP contribution in [0.1, 0.15) is 11.3 Å². The van der Waals surface area contributed by atoms with Crippen LogP contribution in [0.25, 0.3) is 27.8 Å². The number of aromatic amines is 1. The molecular formula is C26H14Cl2FN5O3. The molecule has 5 aromatic rings. The molecule has 0 atom stereocenters. The maximum absolute atomic E-state index is 13.3. The van der Waals surface area contributed by atoms with Crippen LogP contribution in [0.4, 0.5) is 4.39 Å². The lowest BCUT2D eigenvalue weighted by Crippen LogP contribution is -2.33. The lowest BCUT2D eigenvalue weighted by atomic mass is 10.0. The zero-order valence-electron chi connectivity index (χ0n) is 18.9. The smallest absolute Gasteiger partial charge is 0.349 e. The number of hydrogen-bond donors (Lipinski definition) is 1. The topological polar surface area (TPSA) is 114 Å². The third-order valence-corrected chi connectivity index (χ3v) is 6.07. The minimum Gasteiger partial charge on any atom is -0.454 e. The van der Waals surface area contributed by atoms with Gasteiger partial charge in [-0.1, -0.05) is 23.2 Å². The third-order valence-electron chi connectivity index (χ3n) is 5.51. The fraction of sp³-hybridized carbons (Fsp3) is 0.0385. The quantitative estimate of drug-likeness (QED) is 0.323. The SMILES string of the molecule is Cc1cc(-c2ccc(F)cc2)nc2ccc(Oc3c(Cl)cc(-n4nc(C#N)c(=O)[nH]c4=O)cc3Cl)cc12. The Morgan fingerprint density at radius 1 is 1.03 bits per heavy atom. The average molecular weight is 534 g/mol. The number of halogens is 3. The van der Waals surface area contributed by atoms with Crippen LogP contribution in [0.3, 0.4) is 0 Å². The van der Waals surface area contributed by atoms with Gasteiger partial charge in [0.25, 0.3) is 5.56 Å². The van der Waals surface area contributed by atoms with Gasteiger partial charge in [-0.3, -0.25) is 9.78 Å². The van der Waals surface area contributed by atoms with E-state index in [-0.39, 0.29) is 27.3 Å². The summed E-state index contributed by atoms with van der Waals surface area (Å²) < 4.78 is 20.1. The fourth-order valence-electron chi connectivity index (χ4n) is 3.74. The van der Waals surface area contributed by atoms with E-state index in [2.05, 4.69) is 10.1 Å². The highest BCUT2D eigenvalue weighted by molar-refractivity contribution is 6.37. The van der Waals surface area contributed by atoms with Gasteiger partial charge in [0.15, 0.2) is 5.75 Å². The van der Waals surface area contributed by atoms with Crippen LogP contribution in [0.15, 0.2) is 70.3 Å². The standard InChI is InChI=1S/C26H14Cl2FN5O3/c1-13-8-22(14-2-4-15(29)5-3-14)31-21-7-6-17(11-18(13)21)37-24-19(27)9-16(10-20(24)28)34-26(36)32-25(35)23(12-30)33-34/h2-11H,1H3,(H,32,35,36). The van der Waals surface area contributed by atoms with Gasteiger partial charge in [-0.05, 0) is 73.2 Å². The van der Waals surface area contributed by atoms with E-state index in [4.69, 9.17) is 33.2 Å². The Labute approximate surface area is 218 Å². The lowest BCUT2D eigenvalue weighted by Gasteiger charge is -2.13. The number of ether oxygens (including phenoxy) is 1. The average Bonchev–Trinajstić information content (AvgIpc) is 2.87. The van der Waals surface area contributed by atoms with Crippen molar-refractivity contribution >= 4 is 34.1 Å². The number of aryl methyl sites for hydroxylation is 1. The van der Waals surface area contributed by atoms with Crippen LogP contribution in [0.2, 0.25) is 10.0 Å². The van der Waals surface area contributed by atoms with E-state index in [0.29, 0.717) is 11.4 Å². The summed E-state index contributed by atoms with van der Waals surface area (Å²) in [4.78, 5) is 30.5. The molecule has 5 rings (SSSR count). The number of nitrogens with one attached hydrogen (secondary N) is 1. The van der Waals surface area contributed by atoms with Crippen molar-refractivity contribution in [3.8, 4) is 34.5 Å². The first-order valence-electron chi connectivity index (χ1n) is 10.7. The van der Waals surface area contributed by atoms with Crippen LogP contribution >= 0.6 is 23.2 Å². The van der Waals surface area contributed by atoms with E-state index in [0.717, 1.165) is 26.7 Å². The largest absolute Gasteiger partial charge is 0.454 e. The maximum atomic E-state index is 13.3. The highest BCUT2D eigenvalue weighted by atomic mass is 35.5. The molecule has 0 aliphatic heterocycles. The zero-order chi connectivity index (χ0) is 26.3. The summed E-state index contributed by atoms with van der Waals surface area (Å²) in [5, 5.41) is 13.8. The molecule has 0 spiro atoms. The second kappa shape index (κ2) is 9.50. The van der Waals surface area contributed by atoms with Crippen LogP contribution in [-0.4, -0.2) is 19.7 Å². The molecule has 0 aliphatic rings. The Morgan fingerprint density at radius 3 is 2.41 bits per heavy atom. The molecule has 2 heterocycles. The number of rotatable bonds is 4. The van der Waals surface area contributed by atoms with Gasteiger partial charge in [-0.2, -0.15) is 9.94 Å². The van der Waals surface area contributed by atoms with Crippen LogP contribution in [0, 0.1) is 24.1 Å². The van der Waals surface area contributed by atoms with E-state index >= 15 is 0 Å². The summed E-state index contributed by atoms with van der Waals surface area (Å²) in [5.41, 5.74) is 1.04. The maximum Gasteiger partial charge on any atom is 0.349 e. The number of nitriles is 1. The lowest BCUT2D eigenvalue weighted by molar-refractivity contribution is 0.483. The Hall–Kier alpha value is -4.52. The van der Waals surface area contributed by atoms with E-state index < -0.39 is 16.9 Å². The highest BCUT2D eigenvalue weighted by Gasteiger charge is 2.16. The first-order valence-corrected chi connectivity index (χ1v) is 11.5. The Balaban J connectivity index is 1.49. The number of H-pyrrole nitrogens is 1.